The van der Waals surface area contributed by atoms with Crippen LogP contribution >= 0.6 is 0 Å². The summed E-state index contributed by atoms with van der Waals surface area (Å²) >= 11 is 0. The molecule has 0 fully saturated rings. The molecular formula is C17H17N2O5-. The van der Waals surface area contributed by atoms with Crippen LogP contribution in [-0.4, -0.2) is 24.2 Å². The van der Waals surface area contributed by atoms with Gasteiger partial charge in [-0.05, 0) is 39.0 Å². The number of carboxylic acids is 1. The summed E-state index contributed by atoms with van der Waals surface area (Å²) in [6.45, 7) is 4.65. The molecule has 0 saturated carbocycles. The Morgan fingerprint density at radius 3 is 2.67 bits per heavy atom. The van der Waals surface area contributed by atoms with Crippen LogP contribution in [0.25, 0.3) is 0 Å². The highest BCUT2D eigenvalue weighted by Gasteiger charge is 2.13. The molecule has 0 aliphatic heterocycles. The van der Waals surface area contributed by atoms with Crippen LogP contribution in [0.1, 0.15) is 34.4 Å². The third-order valence-corrected chi connectivity index (χ3v) is 3.22. The first kappa shape index (κ1) is 17.3. The van der Waals surface area contributed by atoms with E-state index in [1.54, 1.807) is 51.1 Å². The zero-order chi connectivity index (χ0) is 17.7. The second-order valence-corrected chi connectivity index (χ2v) is 5.15. The lowest BCUT2D eigenvalue weighted by Gasteiger charge is -2.08. The van der Waals surface area contributed by atoms with Crippen LogP contribution < -0.4 is 15.3 Å². The van der Waals surface area contributed by atoms with Gasteiger partial charge in [0.1, 0.15) is 23.9 Å². The van der Waals surface area contributed by atoms with E-state index in [9.17, 15) is 14.7 Å². The average Bonchev–Trinajstić information content (AvgIpc) is 2.89. The Balaban J connectivity index is 2.07. The Morgan fingerprint density at radius 1 is 1.29 bits per heavy atom. The summed E-state index contributed by atoms with van der Waals surface area (Å²) in [4.78, 5) is 22.5. The molecule has 0 bridgehead atoms. The first-order chi connectivity index (χ1) is 11.4. The van der Waals surface area contributed by atoms with Crippen LogP contribution in [0.5, 0.6) is 5.75 Å². The second-order valence-electron chi connectivity index (χ2n) is 5.15. The maximum atomic E-state index is 12.1. The molecule has 24 heavy (non-hydrogen) atoms. The van der Waals surface area contributed by atoms with Crippen LogP contribution in [-0.2, 0) is 4.79 Å². The van der Waals surface area contributed by atoms with Crippen molar-refractivity contribution < 1.29 is 23.8 Å². The second kappa shape index (κ2) is 7.45. The summed E-state index contributed by atoms with van der Waals surface area (Å²) in [5.41, 5.74) is 4.12. The van der Waals surface area contributed by atoms with Crippen LogP contribution in [0.15, 0.2) is 39.9 Å². The zero-order valence-corrected chi connectivity index (χ0v) is 13.6. The van der Waals surface area contributed by atoms with Crippen LogP contribution in [0.4, 0.5) is 0 Å². The van der Waals surface area contributed by atoms with Gasteiger partial charge in [0.15, 0.2) is 0 Å². The van der Waals surface area contributed by atoms with Crippen molar-refractivity contribution in [2.45, 2.75) is 20.8 Å². The molecule has 2 aromatic rings. The van der Waals surface area contributed by atoms with Gasteiger partial charge in [-0.25, -0.2) is 5.43 Å². The van der Waals surface area contributed by atoms with E-state index in [-0.39, 0.29) is 5.91 Å². The van der Waals surface area contributed by atoms with Crippen LogP contribution in [0.3, 0.4) is 0 Å². The molecule has 0 spiro atoms. The number of hydrogen-bond donors (Lipinski definition) is 1. The van der Waals surface area contributed by atoms with Gasteiger partial charge in [0.05, 0.1) is 17.2 Å². The van der Waals surface area contributed by atoms with Gasteiger partial charge in [0.2, 0.25) is 0 Å². The molecule has 1 N–H and O–H groups in total. The Bertz CT molecular complexity index is 792. The fourth-order valence-electron chi connectivity index (χ4n) is 2.07. The smallest absolute Gasteiger partial charge is 0.274 e. The fraction of sp³-hybridized carbons (Fsp3) is 0.235. The first-order valence-corrected chi connectivity index (χ1v) is 7.21. The third kappa shape index (κ3) is 4.45. The summed E-state index contributed by atoms with van der Waals surface area (Å²) in [5.74, 6) is -0.123. The summed E-state index contributed by atoms with van der Waals surface area (Å²) in [7, 11) is 0. The molecule has 0 atom stereocenters. The minimum absolute atomic E-state index is 0.368. The van der Waals surface area contributed by atoms with Gasteiger partial charge in [-0.2, -0.15) is 5.10 Å². The number of carbonyl (C=O) groups is 2. The normalized spacial score (nSPS) is 11.2. The maximum Gasteiger partial charge on any atom is 0.274 e. The number of nitrogens with one attached hydrogen (secondary N) is 1. The van der Waals surface area contributed by atoms with Crippen molar-refractivity contribution in [2.24, 2.45) is 5.10 Å². The highest BCUT2D eigenvalue weighted by Crippen LogP contribution is 2.15. The molecule has 0 aliphatic rings. The van der Waals surface area contributed by atoms with Crippen molar-refractivity contribution in [3.05, 3.63) is 53.0 Å². The Labute approximate surface area is 138 Å². The minimum Gasteiger partial charge on any atom is -0.546 e. The van der Waals surface area contributed by atoms with Crippen molar-refractivity contribution in [1.82, 2.24) is 5.43 Å². The first-order valence-electron chi connectivity index (χ1n) is 7.21. The fourth-order valence-corrected chi connectivity index (χ4v) is 2.07. The van der Waals surface area contributed by atoms with Crippen molar-refractivity contribution in [3.8, 4) is 5.75 Å². The minimum atomic E-state index is -1.30. The summed E-state index contributed by atoms with van der Waals surface area (Å²) in [6, 6.07) is 8.36. The SMILES string of the molecule is C/C(=N/NC(=O)c1cc(C)oc1C)c1cccc(OCC(=O)[O-])c1. The highest BCUT2D eigenvalue weighted by atomic mass is 16.5. The molecule has 0 unspecified atom stereocenters. The molecule has 0 saturated heterocycles. The van der Waals surface area contributed by atoms with Gasteiger partial charge >= 0.3 is 0 Å². The molecule has 0 radical (unpaired) electrons. The number of benzene rings is 1. The standard InChI is InChI=1S/C17H18N2O5/c1-10-7-15(12(3)24-10)17(22)19-18-11(2)13-5-4-6-14(8-13)23-9-16(20)21/h4-8H,9H2,1-3H3,(H,19,22)(H,20,21)/p-1/b18-11-. The Kier molecular flexibility index (Phi) is 5.36. The van der Waals surface area contributed by atoms with Gasteiger partial charge in [-0.15, -0.1) is 0 Å². The molecule has 2 rings (SSSR count). The molecule has 7 heteroatoms. The van der Waals surface area contributed by atoms with Crippen molar-refractivity contribution in [3.63, 3.8) is 0 Å². The molecule has 1 aromatic heterocycles. The van der Waals surface area contributed by atoms with Crippen molar-refractivity contribution >= 4 is 17.6 Å². The number of hydrogen-bond acceptors (Lipinski definition) is 6. The average molecular weight is 329 g/mol. The number of aliphatic carboxylic acids is 1. The van der Waals surface area contributed by atoms with E-state index < -0.39 is 12.6 Å². The van der Waals surface area contributed by atoms with E-state index in [0.717, 1.165) is 0 Å². The zero-order valence-electron chi connectivity index (χ0n) is 13.6. The number of aryl methyl sites for hydroxylation is 2. The summed E-state index contributed by atoms with van der Waals surface area (Å²) < 4.78 is 10.4. The lowest BCUT2D eigenvalue weighted by Crippen LogP contribution is -2.28. The van der Waals surface area contributed by atoms with Gasteiger partial charge < -0.3 is 19.1 Å². The van der Waals surface area contributed by atoms with Crippen molar-refractivity contribution in [1.29, 1.82) is 0 Å². The molecule has 7 nitrogen and oxygen atoms in total. The van der Waals surface area contributed by atoms with E-state index in [2.05, 4.69) is 10.5 Å². The Morgan fingerprint density at radius 2 is 2.04 bits per heavy atom. The number of nitrogens with zero attached hydrogens (tertiary/aromatic N) is 1. The number of amides is 1. The van der Waals surface area contributed by atoms with Crippen molar-refractivity contribution in [2.75, 3.05) is 6.61 Å². The number of furan rings is 1. The monoisotopic (exact) mass is 329 g/mol. The molecule has 1 aromatic carbocycles. The lowest BCUT2D eigenvalue weighted by atomic mass is 10.1. The van der Waals surface area contributed by atoms with E-state index in [1.807, 2.05) is 0 Å². The quantitative estimate of drug-likeness (QED) is 0.633. The molecule has 126 valence electrons. The maximum absolute atomic E-state index is 12.1. The van der Waals surface area contributed by atoms with Gasteiger partial charge in [-0.1, -0.05) is 12.1 Å². The third-order valence-electron chi connectivity index (χ3n) is 3.22. The molecule has 1 amide bonds. The van der Waals surface area contributed by atoms with E-state index in [1.165, 1.54) is 0 Å². The van der Waals surface area contributed by atoms with E-state index in [4.69, 9.17) is 9.15 Å². The summed E-state index contributed by atoms with van der Waals surface area (Å²) in [6.07, 6.45) is 0. The topological polar surface area (TPSA) is 104 Å². The highest BCUT2D eigenvalue weighted by molar-refractivity contribution is 6.01. The Hall–Kier alpha value is -3.09. The molecule has 0 aliphatic carbocycles. The molecular weight excluding hydrogens is 312 g/mol. The number of carbonyl (C=O) groups excluding carboxylic acids is 2. The number of hydrazone groups is 1. The predicted molar refractivity (Wildman–Crippen MR) is 84.8 cm³/mol. The van der Waals surface area contributed by atoms with Gasteiger partial charge in [0, 0.05) is 5.56 Å². The number of ether oxygens (including phenoxy) is 1. The largest absolute Gasteiger partial charge is 0.546 e. The number of rotatable bonds is 6. The van der Waals surface area contributed by atoms with Crippen LogP contribution in [0.2, 0.25) is 0 Å². The van der Waals surface area contributed by atoms with E-state index in [0.29, 0.717) is 34.1 Å². The van der Waals surface area contributed by atoms with Gasteiger partial charge in [-0.3, -0.25) is 4.79 Å². The summed E-state index contributed by atoms with van der Waals surface area (Å²) in [5, 5.41) is 14.5. The van der Waals surface area contributed by atoms with Crippen LogP contribution in [0, 0.1) is 13.8 Å². The molecule has 1 heterocycles. The lowest BCUT2D eigenvalue weighted by molar-refractivity contribution is -0.307. The van der Waals surface area contributed by atoms with E-state index >= 15 is 0 Å². The predicted octanol–water partition coefficient (Wildman–Crippen LogP) is 1.18. The van der Waals surface area contributed by atoms with Gasteiger partial charge in [0.25, 0.3) is 5.91 Å². The number of carboxylic acid groups (broad SMARTS) is 1.